The second kappa shape index (κ2) is 12.8. The van der Waals surface area contributed by atoms with E-state index in [4.69, 9.17) is 19.6 Å². The lowest BCUT2D eigenvalue weighted by atomic mass is 9.78. The first kappa shape index (κ1) is 29.9. The highest BCUT2D eigenvalue weighted by molar-refractivity contribution is 9.14. The molecule has 0 heterocycles. The number of carbonyl (C=O) groups excluding carboxylic acids is 2. The van der Waals surface area contributed by atoms with Gasteiger partial charge in [-0.1, -0.05) is 39.1 Å². The summed E-state index contributed by atoms with van der Waals surface area (Å²) in [6.45, 7) is 14.1. The van der Waals surface area contributed by atoms with Crippen molar-refractivity contribution in [3.63, 3.8) is 0 Å². The fourth-order valence-corrected chi connectivity index (χ4v) is 6.05. The molecular weight excluding hydrogens is 716 g/mol. The SMILES string of the molecule is C=C(C)C(=O)COOc1ccc(C(C)(C)c2c(Br)c(Br)c(OOCC(=O)C(=C)C)c(Br)c2Br)cc1. The third-order valence-electron chi connectivity index (χ3n) is 5.05. The number of ketones is 2. The van der Waals surface area contributed by atoms with Crippen molar-refractivity contribution in [3.8, 4) is 11.5 Å². The number of halogens is 4. The molecule has 0 spiro atoms. The summed E-state index contributed by atoms with van der Waals surface area (Å²) in [7, 11) is 0. The molecule has 0 amide bonds. The average Bonchev–Trinajstić information content (AvgIpc) is 2.79. The summed E-state index contributed by atoms with van der Waals surface area (Å²) in [6.07, 6.45) is 0. The molecule has 35 heavy (non-hydrogen) atoms. The summed E-state index contributed by atoms with van der Waals surface area (Å²) in [5, 5.41) is 0. The van der Waals surface area contributed by atoms with Gasteiger partial charge in [0.05, 0.1) is 8.95 Å². The van der Waals surface area contributed by atoms with Crippen molar-refractivity contribution in [2.75, 3.05) is 13.2 Å². The molecule has 0 saturated heterocycles. The van der Waals surface area contributed by atoms with Crippen molar-refractivity contribution in [2.24, 2.45) is 0 Å². The Morgan fingerprint density at radius 1 is 0.771 bits per heavy atom. The largest absolute Gasteiger partial charge is 0.337 e. The van der Waals surface area contributed by atoms with E-state index in [1.54, 1.807) is 26.0 Å². The lowest BCUT2D eigenvalue weighted by molar-refractivity contribution is -0.205. The van der Waals surface area contributed by atoms with E-state index in [9.17, 15) is 9.59 Å². The van der Waals surface area contributed by atoms with E-state index in [0.29, 0.717) is 31.6 Å². The first-order valence-electron chi connectivity index (χ1n) is 10.2. The molecule has 0 aliphatic rings. The van der Waals surface area contributed by atoms with Gasteiger partial charge in [0.1, 0.15) is 0 Å². The van der Waals surface area contributed by atoms with Gasteiger partial charge >= 0.3 is 0 Å². The normalized spacial score (nSPS) is 11.2. The zero-order valence-corrected chi connectivity index (χ0v) is 25.9. The van der Waals surface area contributed by atoms with E-state index >= 15 is 0 Å². The molecule has 2 rings (SSSR count). The third-order valence-corrected chi connectivity index (χ3v) is 9.22. The summed E-state index contributed by atoms with van der Waals surface area (Å²) >= 11 is 14.5. The molecule has 188 valence electrons. The summed E-state index contributed by atoms with van der Waals surface area (Å²) in [5.41, 5.74) is 2.23. The molecule has 0 aromatic heterocycles. The Hall–Kier alpha value is -1.30. The smallest absolute Gasteiger partial charge is 0.196 e. The second-order valence-electron chi connectivity index (χ2n) is 8.21. The van der Waals surface area contributed by atoms with Gasteiger partial charge in [0.25, 0.3) is 0 Å². The Labute approximate surface area is 238 Å². The maximum atomic E-state index is 11.7. The van der Waals surface area contributed by atoms with E-state index < -0.39 is 5.41 Å². The highest BCUT2D eigenvalue weighted by Crippen LogP contribution is 2.51. The van der Waals surface area contributed by atoms with E-state index in [-0.39, 0.29) is 24.8 Å². The van der Waals surface area contributed by atoms with Gasteiger partial charge in [0.15, 0.2) is 36.3 Å². The number of Topliss-reactive ketones (excluding diaryl/α,β-unsaturated/α-hetero) is 2. The molecule has 2 aromatic carbocycles. The van der Waals surface area contributed by atoms with Crippen LogP contribution in [0.1, 0.15) is 38.8 Å². The minimum Gasteiger partial charge on any atom is -0.337 e. The van der Waals surface area contributed by atoms with Gasteiger partial charge in [-0.15, -0.1) is 0 Å². The lowest BCUT2D eigenvalue weighted by Crippen LogP contribution is -2.21. The molecule has 0 radical (unpaired) electrons. The molecule has 0 unspecified atom stereocenters. The first-order valence-corrected chi connectivity index (χ1v) is 13.4. The van der Waals surface area contributed by atoms with Crippen LogP contribution >= 0.6 is 63.7 Å². The standard InChI is InChI=1S/C25H24Br4O6/c1-13(2)17(30)11-32-34-16-9-7-15(8-10-16)25(5,6)19-20(26)22(28)24(23(29)21(19)27)35-33-12-18(31)14(3)4/h7-10H,1,3,11-12H2,2,4-6H3. The molecule has 0 aliphatic carbocycles. The van der Waals surface area contributed by atoms with Crippen molar-refractivity contribution in [1.29, 1.82) is 0 Å². The summed E-state index contributed by atoms with van der Waals surface area (Å²) < 4.78 is 2.69. The fraction of sp³-hybridized carbons (Fsp3) is 0.280. The number of benzene rings is 2. The van der Waals surface area contributed by atoms with Crippen molar-refractivity contribution in [2.45, 2.75) is 33.1 Å². The fourth-order valence-electron chi connectivity index (χ4n) is 2.84. The van der Waals surface area contributed by atoms with Crippen LogP contribution in [0.25, 0.3) is 0 Å². The minimum atomic E-state index is -0.479. The monoisotopic (exact) mass is 736 g/mol. The van der Waals surface area contributed by atoms with E-state index in [1.165, 1.54) is 0 Å². The van der Waals surface area contributed by atoms with Crippen LogP contribution in [-0.2, 0) is 24.8 Å². The molecule has 0 aliphatic heterocycles. The quantitative estimate of drug-likeness (QED) is 0.0953. The molecule has 10 heteroatoms. The molecule has 0 saturated carbocycles. The van der Waals surface area contributed by atoms with Gasteiger partial charge in [0.2, 0.25) is 0 Å². The van der Waals surface area contributed by atoms with Crippen LogP contribution in [-0.4, -0.2) is 24.8 Å². The topological polar surface area (TPSA) is 71.1 Å². The molecule has 0 fully saturated rings. The van der Waals surface area contributed by atoms with Crippen LogP contribution in [0, 0.1) is 0 Å². The van der Waals surface area contributed by atoms with Gasteiger partial charge in [0, 0.05) is 14.4 Å². The predicted octanol–water partition coefficient (Wildman–Crippen LogP) is 7.97. The number of rotatable bonds is 12. The van der Waals surface area contributed by atoms with Crippen LogP contribution < -0.4 is 9.78 Å². The van der Waals surface area contributed by atoms with E-state index in [0.717, 1.165) is 20.1 Å². The van der Waals surface area contributed by atoms with Crippen LogP contribution in [0.4, 0.5) is 0 Å². The summed E-state index contributed by atoms with van der Waals surface area (Å²) in [4.78, 5) is 44.1. The Kier molecular flexibility index (Phi) is 10.9. The third kappa shape index (κ3) is 7.36. The molecular formula is C25H24Br4O6. The zero-order valence-electron chi connectivity index (χ0n) is 19.6. The maximum Gasteiger partial charge on any atom is 0.196 e. The van der Waals surface area contributed by atoms with Crippen LogP contribution in [0.15, 0.2) is 66.5 Å². The van der Waals surface area contributed by atoms with Crippen molar-refractivity contribution in [3.05, 3.63) is 77.6 Å². The van der Waals surface area contributed by atoms with Gasteiger partial charge in [-0.3, -0.25) is 9.59 Å². The van der Waals surface area contributed by atoms with Crippen molar-refractivity contribution in [1.82, 2.24) is 0 Å². The summed E-state index contributed by atoms with van der Waals surface area (Å²) in [6, 6.07) is 7.35. The predicted molar refractivity (Wildman–Crippen MR) is 149 cm³/mol. The summed E-state index contributed by atoms with van der Waals surface area (Å²) in [5.74, 6) is 0.343. The highest BCUT2D eigenvalue weighted by atomic mass is 79.9. The first-order chi connectivity index (χ1) is 16.3. The molecule has 2 aromatic rings. The minimum absolute atomic E-state index is 0.204. The van der Waals surface area contributed by atoms with Crippen LogP contribution in [0.2, 0.25) is 0 Å². The maximum absolute atomic E-state index is 11.7. The van der Waals surface area contributed by atoms with Crippen LogP contribution in [0.3, 0.4) is 0 Å². The number of carbonyl (C=O) groups is 2. The lowest BCUT2D eigenvalue weighted by Gasteiger charge is -2.30. The molecule has 6 nitrogen and oxygen atoms in total. The molecule has 0 bridgehead atoms. The zero-order chi connectivity index (χ0) is 26.5. The molecule has 0 N–H and O–H groups in total. The van der Waals surface area contributed by atoms with E-state index in [1.807, 2.05) is 12.1 Å². The van der Waals surface area contributed by atoms with Crippen molar-refractivity contribution >= 4 is 75.3 Å². The number of hydrogen-bond donors (Lipinski definition) is 0. The molecule has 0 atom stereocenters. The van der Waals surface area contributed by atoms with E-state index in [2.05, 4.69) is 90.7 Å². The Morgan fingerprint density at radius 2 is 1.20 bits per heavy atom. The average molecular weight is 740 g/mol. The number of hydrogen-bond acceptors (Lipinski definition) is 6. The second-order valence-corrected chi connectivity index (χ2v) is 11.4. The Bertz CT molecular complexity index is 1130. The van der Waals surface area contributed by atoms with Crippen LogP contribution in [0.5, 0.6) is 11.5 Å². The van der Waals surface area contributed by atoms with Gasteiger partial charge in [-0.2, -0.15) is 9.78 Å². The Balaban J connectivity index is 2.27. The van der Waals surface area contributed by atoms with Crippen molar-refractivity contribution < 1.29 is 29.1 Å². The van der Waals surface area contributed by atoms with Gasteiger partial charge in [-0.25, -0.2) is 0 Å². The highest BCUT2D eigenvalue weighted by Gasteiger charge is 2.33. The Morgan fingerprint density at radius 3 is 1.63 bits per heavy atom. The van der Waals surface area contributed by atoms with Gasteiger partial charge < -0.3 is 9.78 Å². The van der Waals surface area contributed by atoms with Gasteiger partial charge in [-0.05, 0) is 112 Å².